The summed E-state index contributed by atoms with van der Waals surface area (Å²) in [6, 6.07) is 27.8. The number of carbonyl (C=O) groups is 5. The molecule has 8 heterocycles. The average molecular weight is 1610 g/mol. The molecule has 0 spiro atoms. The Morgan fingerprint density at radius 2 is 0.894 bits per heavy atom. The second-order valence-electron chi connectivity index (χ2n) is 27.0. The van der Waals surface area contributed by atoms with Crippen molar-refractivity contribution in [3.8, 4) is 17.2 Å². The summed E-state index contributed by atoms with van der Waals surface area (Å²) in [6.45, 7) is 8.27. The van der Waals surface area contributed by atoms with Crippen LogP contribution in [0, 0.1) is 33.8 Å². The number of hydrogen-bond donors (Lipinski definition) is 6. The summed E-state index contributed by atoms with van der Waals surface area (Å²) in [5, 5.41) is 48.2. The Balaban J connectivity index is 0.000000169. The Morgan fingerprint density at radius 1 is 0.538 bits per heavy atom. The van der Waals surface area contributed by atoms with Gasteiger partial charge in [-0.15, -0.1) is 45.0 Å². The van der Waals surface area contributed by atoms with Crippen molar-refractivity contribution in [1.82, 2.24) is 34.8 Å². The molecule has 560 valence electrons. The molecule has 6 aliphatic rings. The van der Waals surface area contributed by atoms with Crippen molar-refractivity contribution in [3.05, 3.63) is 150 Å². The summed E-state index contributed by atoms with van der Waals surface area (Å²) in [4.78, 5) is 80.4. The number of aromatic carboxylic acids is 1. The number of carboxylic acids is 1. The van der Waals surface area contributed by atoms with Crippen molar-refractivity contribution in [1.29, 1.82) is 0 Å². The highest BCUT2D eigenvalue weighted by Crippen LogP contribution is 2.42. The first-order chi connectivity index (χ1) is 49.4. The number of fused-ring (bicyclic) bond motifs is 3. The van der Waals surface area contributed by atoms with Crippen LogP contribution in [0.25, 0.3) is 0 Å². The number of ether oxygens (including phenoxy) is 3. The van der Waals surface area contributed by atoms with Crippen LogP contribution in [0.4, 0.5) is 42.9 Å². The summed E-state index contributed by atoms with van der Waals surface area (Å²) in [5.74, 6) is 0.0530. The van der Waals surface area contributed by atoms with Gasteiger partial charge in [-0.25, -0.2) is 32.9 Å². The molecule has 7 aromatic rings. The van der Waals surface area contributed by atoms with Gasteiger partial charge in [-0.05, 0) is 129 Å². The number of nitrogens with two attached hydrogens (primary N) is 1. The molecule has 7 N–H and O–H groups in total. The van der Waals surface area contributed by atoms with E-state index in [1.807, 2.05) is 61.5 Å². The van der Waals surface area contributed by atoms with Crippen LogP contribution < -0.4 is 78.6 Å². The molecule has 0 aliphatic carbocycles. The maximum atomic E-state index is 13.3. The molecule has 5 aromatic carbocycles. The fraction of sp³-hybridized carbons (Fsp3) is 0.458. The summed E-state index contributed by atoms with van der Waals surface area (Å²) >= 11 is 18.2. The first-order valence-electron chi connectivity index (χ1n) is 33.9. The quantitative estimate of drug-likeness (QED) is 0.0581. The molecule has 2 aromatic heterocycles. The van der Waals surface area contributed by atoms with Gasteiger partial charge < -0.3 is 99.1 Å². The lowest BCUT2D eigenvalue weighted by molar-refractivity contribution is -0.122. The molecule has 0 bridgehead atoms. The van der Waals surface area contributed by atoms with Gasteiger partial charge in [0.25, 0.3) is 17.6 Å². The average Bonchev–Trinajstić information content (AvgIpc) is 1.34. The minimum Gasteiger partial charge on any atom is -1.00 e. The maximum absolute atomic E-state index is 13.3. The van der Waals surface area contributed by atoms with E-state index in [9.17, 15) is 48.1 Å². The van der Waals surface area contributed by atoms with Crippen LogP contribution in [-0.4, -0.2) is 209 Å². The zero-order chi connectivity index (χ0) is 73.8. The van der Waals surface area contributed by atoms with Crippen molar-refractivity contribution in [2.75, 3.05) is 147 Å². The molecule has 26 nitrogen and oxygen atoms in total. The molecule has 4 amide bonds. The van der Waals surface area contributed by atoms with E-state index in [0.29, 0.717) is 54.5 Å². The highest BCUT2D eigenvalue weighted by atomic mass is 127. The van der Waals surface area contributed by atoms with Crippen molar-refractivity contribution >= 4 is 98.5 Å². The first-order valence-corrected chi connectivity index (χ1v) is 35.5. The molecule has 13 rings (SSSR count). The standard InChI is InChI=1S/C27H30ClFN6O4.C18H25ClN2O3.C17H24ClN3O3.C10H8FN3O2.HI/c1-33-22-12-20(34-10-8-27(15-28,16-36)9-11-34)6-7-23(22)39-14-21(26(33)38)31-25(37)24-30-17-35(32-24)13-18-2-4-19(29)5-3-18;1-13-10-24-16-4-3-14(9-15(16)20(2)17(13)23)21-7-5-18(11-19,12-22)6-8-21;1-20-14-8-12(2-3-15(14)24-9-13(19)16(20)23)21-6-4-17(10-18,11-22)5-7-21;11-8-3-1-7(2-4-8)5-14-6-12-9(13-14)10(15)16;/h2-7,12,17,21,36H,8-11,13-16H2,1H3,(H,31,37);3-4,9,13,22H,5-8,10-12H2,1-2H3;2-3,8,13,22H,4-7,9-11,19H2,1H3;1-4,6H,5H2,(H,15,16);1H/p-1/t21-;2*13-;;/m000../s1. The third-order valence-corrected chi connectivity index (χ3v) is 21.7. The number of carboxylic acid groups (broad SMARTS) is 1. The number of likely N-dealkylation sites (N-methyl/N-ethyl adjacent to an activating group) is 2. The lowest BCUT2D eigenvalue weighted by atomic mass is 9.81. The topological polar surface area (TPSA) is 313 Å². The summed E-state index contributed by atoms with van der Waals surface area (Å²) in [7, 11) is 5.17. The predicted octanol–water partition coefficient (Wildman–Crippen LogP) is 4.29. The minimum atomic E-state index is -1.17. The third-order valence-electron chi connectivity index (χ3n) is 20.0. The lowest BCUT2D eigenvalue weighted by Crippen LogP contribution is -3.00. The largest absolute Gasteiger partial charge is 1.00 e. The fourth-order valence-electron chi connectivity index (χ4n) is 12.8. The summed E-state index contributed by atoms with van der Waals surface area (Å²) < 4.78 is 46.0. The predicted molar refractivity (Wildman–Crippen MR) is 387 cm³/mol. The molecule has 6 aliphatic heterocycles. The van der Waals surface area contributed by atoms with Crippen LogP contribution in [0.2, 0.25) is 0 Å². The number of nitrogens with zero attached hydrogens (tertiary/aromatic N) is 12. The highest BCUT2D eigenvalue weighted by Gasteiger charge is 2.39. The van der Waals surface area contributed by atoms with Crippen molar-refractivity contribution in [3.63, 3.8) is 0 Å². The van der Waals surface area contributed by atoms with E-state index in [4.69, 9.17) is 59.9 Å². The maximum Gasteiger partial charge on any atom is 0.375 e. The van der Waals surface area contributed by atoms with Gasteiger partial charge in [-0.2, -0.15) is 0 Å². The molecule has 32 heteroatoms. The van der Waals surface area contributed by atoms with E-state index in [0.717, 1.165) is 123 Å². The van der Waals surface area contributed by atoms with Crippen LogP contribution in [0.3, 0.4) is 0 Å². The van der Waals surface area contributed by atoms with Crippen LogP contribution in [-0.2, 0) is 27.5 Å². The second-order valence-corrected chi connectivity index (χ2v) is 27.8. The molecule has 104 heavy (non-hydrogen) atoms. The van der Waals surface area contributed by atoms with Gasteiger partial charge >= 0.3 is 5.97 Å². The number of aromatic nitrogens is 6. The SMILES string of the molecule is CN1C(=O)[C@@H](N)COc2ccc(N3CCC(CO)(CCl)CC3)cc21.CN1C(=O)[C@@H](NC(=O)c2ncn(Cc3ccc(F)cc3)n2)COc2ccc(N3CCC(CO)(CCl)CC3)cc21.C[C@H]1COc2ccc(N3CCC(CO)(CCl)CC3)cc2N(C)C1=O.O=C(O)c1ncn(Cc2ccc(F)cc2)n1.[I-]. The van der Waals surface area contributed by atoms with Crippen LogP contribution >= 0.6 is 34.8 Å². The number of hydrogen-bond acceptors (Lipinski definition) is 19. The van der Waals surface area contributed by atoms with Gasteiger partial charge in [0, 0.05) is 131 Å². The van der Waals surface area contributed by atoms with Crippen LogP contribution in [0.5, 0.6) is 17.2 Å². The van der Waals surface area contributed by atoms with Crippen LogP contribution in [0.1, 0.15) is 77.8 Å². The number of amides is 4. The first kappa shape index (κ1) is 79.9. The Bertz CT molecular complexity index is 3960. The molecule has 3 saturated heterocycles. The zero-order valence-electron chi connectivity index (χ0n) is 58.2. The van der Waals surface area contributed by atoms with E-state index >= 15 is 0 Å². The number of halogens is 6. The van der Waals surface area contributed by atoms with Gasteiger partial charge in [-0.1, -0.05) is 31.2 Å². The monoisotopic (exact) mass is 1610 g/mol. The zero-order valence-corrected chi connectivity index (χ0v) is 62.7. The van der Waals surface area contributed by atoms with Crippen molar-refractivity contribution in [2.45, 2.75) is 70.6 Å². The van der Waals surface area contributed by atoms with Crippen molar-refractivity contribution in [2.24, 2.45) is 27.9 Å². The molecular weight excluding hydrogens is 1520 g/mol. The van der Waals surface area contributed by atoms with Gasteiger partial charge in [-0.3, -0.25) is 19.2 Å². The number of alkyl halides is 3. The normalized spacial score (nSPS) is 19.5. The van der Waals surface area contributed by atoms with Crippen molar-refractivity contribution < 1.29 is 91.4 Å². The Kier molecular flexibility index (Phi) is 27.5. The second kappa shape index (κ2) is 35.7. The Hall–Kier alpha value is -8.17. The van der Waals surface area contributed by atoms with E-state index in [-0.39, 0.29) is 120 Å². The number of nitrogens with one attached hydrogen (secondary N) is 1. The minimum absolute atomic E-state index is 0. The number of piperidine rings is 3. The molecular formula is C72H87Cl3F2IN14O12-. The lowest BCUT2D eigenvalue weighted by Gasteiger charge is -2.40. The molecule has 0 unspecified atom stereocenters. The number of rotatable bonds is 16. The van der Waals surface area contributed by atoms with Gasteiger partial charge in [0.1, 0.15) is 66.8 Å². The molecule has 0 saturated carbocycles. The smallest absolute Gasteiger partial charge is 0.375 e. The van der Waals surface area contributed by atoms with Gasteiger partial charge in [0.05, 0.1) is 42.7 Å². The Labute approximate surface area is 633 Å². The number of anilines is 6. The van der Waals surface area contributed by atoms with Crippen LogP contribution in [0.15, 0.2) is 116 Å². The fourth-order valence-corrected chi connectivity index (χ4v) is 13.8. The van der Waals surface area contributed by atoms with E-state index < -0.39 is 24.0 Å². The van der Waals surface area contributed by atoms with Gasteiger partial charge in [0.15, 0.2) is 0 Å². The third kappa shape index (κ3) is 19.1. The number of aliphatic hydroxyl groups excluding tert-OH is 3. The summed E-state index contributed by atoms with van der Waals surface area (Å²) in [5.41, 5.74) is 12.1. The summed E-state index contributed by atoms with van der Waals surface area (Å²) in [6.07, 6.45) is 7.71. The Morgan fingerprint density at radius 3 is 1.27 bits per heavy atom. The van der Waals surface area contributed by atoms with E-state index in [2.05, 4.69) is 40.2 Å². The molecule has 3 fully saturated rings. The van der Waals surface area contributed by atoms with E-state index in [1.54, 1.807) is 55.2 Å². The highest BCUT2D eigenvalue weighted by molar-refractivity contribution is 6.19. The van der Waals surface area contributed by atoms with Gasteiger partial charge in [0.2, 0.25) is 17.6 Å². The van der Waals surface area contributed by atoms with E-state index in [1.165, 1.54) is 51.2 Å². The molecule has 0 radical (unpaired) electrons. The number of carbonyl (C=O) groups excluding carboxylic acids is 4. The number of aliphatic hydroxyl groups is 3. The molecule has 3 atom stereocenters. The number of benzene rings is 5.